The first-order valence-corrected chi connectivity index (χ1v) is 7.91. The molecule has 116 valence electrons. The molecule has 0 amide bonds. The van der Waals surface area contributed by atoms with Gasteiger partial charge in [-0.05, 0) is 40.3 Å². The van der Waals surface area contributed by atoms with Crippen molar-refractivity contribution in [1.82, 2.24) is 5.06 Å². The van der Waals surface area contributed by atoms with Crippen LogP contribution in [0.2, 0.25) is 0 Å². The van der Waals surface area contributed by atoms with E-state index in [0.717, 1.165) is 33.9 Å². The molecule has 0 fully saturated rings. The maximum atomic E-state index is 5.85. The molecule has 6 heteroatoms. The molecule has 0 atom stereocenters. The van der Waals surface area contributed by atoms with Crippen molar-refractivity contribution in [2.45, 2.75) is 6.61 Å². The van der Waals surface area contributed by atoms with E-state index in [2.05, 4.69) is 51.1 Å². The predicted molar refractivity (Wildman–Crippen MR) is 100 cm³/mol. The third-order valence-corrected chi connectivity index (χ3v) is 4.09. The van der Waals surface area contributed by atoms with Crippen molar-refractivity contribution in [2.75, 3.05) is 18.4 Å². The number of rotatable bonds is 4. The third-order valence-electron chi connectivity index (χ3n) is 3.15. The summed E-state index contributed by atoms with van der Waals surface area (Å²) in [5.41, 5.74) is 2.20. The summed E-state index contributed by atoms with van der Waals surface area (Å²) in [5.74, 6) is 0.773. The molecule has 0 saturated heterocycles. The molecule has 0 spiro atoms. The second-order valence-corrected chi connectivity index (χ2v) is 5.83. The first kappa shape index (κ1) is 17.1. The number of nitrogens with one attached hydrogen (secondary N) is 1. The van der Waals surface area contributed by atoms with Gasteiger partial charge in [0.25, 0.3) is 0 Å². The summed E-state index contributed by atoms with van der Waals surface area (Å²) in [6.07, 6.45) is 0. The molecule has 0 bridgehead atoms. The van der Waals surface area contributed by atoms with E-state index < -0.39 is 0 Å². The molecule has 1 aliphatic rings. The van der Waals surface area contributed by atoms with E-state index in [9.17, 15) is 0 Å². The molecule has 0 aliphatic carbocycles. The zero-order chi connectivity index (χ0) is 14.5. The van der Waals surface area contributed by atoms with Gasteiger partial charge in [0.1, 0.15) is 6.61 Å². The van der Waals surface area contributed by atoms with Gasteiger partial charge in [-0.15, -0.1) is 12.4 Å². The van der Waals surface area contributed by atoms with Gasteiger partial charge in [-0.1, -0.05) is 42.5 Å². The van der Waals surface area contributed by atoms with Gasteiger partial charge in [0.15, 0.2) is 0 Å². The summed E-state index contributed by atoms with van der Waals surface area (Å²) in [6, 6.07) is 18.3. The van der Waals surface area contributed by atoms with Crippen LogP contribution in [-0.4, -0.2) is 24.1 Å². The first-order valence-electron chi connectivity index (χ1n) is 6.83. The fourth-order valence-corrected chi connectivity index (χ4v) is 2.59. The van der Waals surface area contributed by atoms with Gasteiger partial charge in [0, 0.05) is 3.57 Å². The highest BCUT2D eigenvalue weighted by atomic mass is 127. The highest BCUT2D eigenvalue weighted by Crippen LogP contribution is 2.18. The van der Waals surface area contributed by atoms with Crippen molar-refractivity contribution < 1.29 is 4.84 Å². The Labute approximate surface area is 150 Å². The molecule has 0 aromatic heterocycles. The van der Waals surface area contributed by atoms with Crippen LogP contribution in [0.25, 0.3) is 0 Å². The molecule has 22 heavy (non-hydrogen) atoms. The van der Waals surface area contributed by atoms with Gasteiger partial charge < -0.3 is 5.32 Å². The number of hydroxylamine groups is 2. The average Bonchev–Trinajstić information content (AvgIpc) is 2.96. The van der Waals surface area contributed by atoms with E-state index in [1.165, 1.54) is 0 Å². The Morgan fingerprint density at radius 2 is 1.82 bits per heavy atom. The Bertz CT molecular complexity index is 636. The normalized spacial score (nSPS) is 13.5. The molecule has 1 heterocycles. The lowest BCUT2D eigenvalue weighted by Crippen LogP contribution is -2.33. The molecule has 3 rings (SSSR count). The van der Waals surface area contributed by atoms with E-state index >= 15 is 0 Å². The second-order valence-electron chi connectivity index (χ2n) is 4.67. The average molecular weight is 430 g/mol. The number of hydrogen-bond acceptors (Lipinski definition) is 4. The van der Waals surface area contributed by atoms with Crippen LogP contribution in [0.15, 0.2) is 59.6 Å². The number of aliphatic imine (C=N–C) groups is 1. The van der Waals surface area contributed by atoms with Crippen molar-refractivity contribution in [3.05, 3.63) is 63.7 Å². The molecule has 2 aromatic carbocycles. The fraction of sp³-hybridized carbons (Fsp3) is 0.188. The zero-order valence-electron chi connectivity index (χ0n) is 11.9. The van der Waals surface area contributed by atoms with Crippen LogP contribution in [0.3, 0.4) is 0 Å². The Hall–Kier alpha value is -1.31. The summed E-state index contributed by atoms with van der Waals surface area (Å²) in [6.45, 7) is 2.08. The van der Waals surface area contributed by atoms with Crippen LogP contribution in [0, 0.1) is 3.57 Å². The van der Waals surface area contributed by atoms with Crippen molar-refractivity contribution >= 4 is 46.6 Å². The second kappa shape index (κ2) is 8.36. The molecule has 2 aromatic rings. The predicted octanol–water partition coefficient (Wildman–Crippen LogP) is 3.93. The number of halogens is 2. The van der Waals surface area contributed by atoms with E-state index in [1.54, 1.807) is 0 Å². The SMILES string of the molecule is Cl.Ic1ccccc1NC1=NCCN1OCc1ccccc1. The van der Waals surface area contributed by atoms with E-state index in [-0.39, 0.29) is 12.4 Å². The number of nitrogens with zero attached hydrogens (tertiary/aromatic N) is 2. The van der Waals surface area contributed by atoms with Gasteiger partial charge in [0.2, 0.25) is 5.96 Å². The standard InChI is InChI=1S/C16H16IN3O.ClH/c17-14-8-4-5-9-15(14)19-16-18-10-11-20(16)21-12-13-6-2-1-3-7-13;/h1-9H,10-12H2,(H,18,19);1H. The molecule has 0 unspecified atom stereocenters. The quantitative estimate of drug-likeness (QED) is 0.748. The lowest BCUT2D eigenvalue weighted by atomic mass is 10.2. The number of hydrogen-bond donors (Lipinski definition) is 1. The Morgan fingerprint density at radius 3 is 2.59 bits per heavy atom. The zero-order valence-corrected chi connectivity index (χ0v) is 14.9. The van der Waals surface area contributed by atoms with Crippen LogP contribution in [0.4, 0.5) is 5.69 Å². The molecule has 4 nitrogen and oxygen atoms in total. The molecule has 0 radical (unpaired) electrons. The lowest BCUT2D eigenvalue weighted by Gasteiger charge is -2.20. The summed E-state index contributed by atoms with van der Waals surface area (Å²) >= 11 is 2.31. The van der Waals surface area contributed by atoms with Gasteiger partial charge in [-0.25, -0.2) is 10.1 Å². The van der Waals surface area contributed by atoms with Crippen molar-refractivity contribution in [1.29, 1.82) is 0 Å². The Balaban J connectivity index is 0.00000176. The van der Waals surface area contributed by atoms with E-state index in [0.29, 0.717) is 6.61 Å². The maximum Gasteiger partial charge on any atom is 0.223 e. The van der Waals surface area contributed by atoms with Crippen molar-refractivity contribution in [3.8, 4) is 0 Å². The highest BCUT2D eigenvalue weighted by Gasteiger charge is 2.18. The minimum absolute atomic E-state index is 0. The third kappa shape index (κ3) is 4.34. The van der Waals surface area contributed by atoms with Crippen molar-refractivity contribution in [2.24, 2.45) is 4.99 Å². The van der Waals surface area contributed by atoms with Gasteiger partial charge >= 0.3 is 0 Å². The van der Waals surface area contributed by atoms with Crippen molar-refractivity contribution in [3.63, 3.8) is 0 Å². The van der Waals surface area contributed by atoms with Crippen LogP contribution in [-0.2, 0) is 11.4 Å². The number of anilines is 1. The molecular weight excluding hydrogens is 413 g/mol. The summed E-state index contributed by atoms with van der Waals surface area (Å²) < 4.78 is 1.16. The number of para-hydroxylation sites is 1. The van der Waals surface area contributed by atoms with Crippen LogP contribution in [0.1, 0.15) is 5.56 Å². The monoisotopic (exact) mass is 429 g/mol. The van der Waals surface area contributed by atoms with E-state index in [1.807, 2.05) is 41.5 Å². The largest absolute Gasteiger partial charge is 0.323 e. The summed E-state index contributed by atoms with van der Waals surface area (Å²) in [4.78, 5) is 10.3. The van der Waals surface area contributed by atoms with Crippen LogP contribution in [0.5, 0.6) is 0 Å². The smallest absolute Gasteiger partial charge is 0.223 e. The first-order chi connectivity index (χ1) is 10.3. The van der Waals surface area contributed by atoms with Gasteiger partial charge in [-0.3, -0.25) is 4.84 Å². The molecule has 1 N–H and O–H groups in total. The molecular formula is C16H17ClIN3O. The highest BCUT2D eigenvalue weighted by molar-refractivity contribution is 14.1. The number of benzene rings is 2. The fourth-order valence-electron chi connectivity index (χ4n) is 2.07. The van der Waals surface area contributed by atoms with E-state index in [4.69, 9.17) is 4.84 Å². The topological polar surface area (TPSA) is 36.9 Å². The lowest BCUT2D eigenvalue weighted by molar-refractivity contribution is -0.103. The van der Waals surface area contributed by atoms with Gasteiger partial charge in [0.05, 0.1) is 18.8 Å². The van der Waals surface area contributed by atoms with Gasteiger partial charge in [-0.2, -0.15) is 0 Å². The minimum atomic E-state index is 0. The summed E-state index contributed by atoms with van der Waals surface area (Å²) in [7, 11) is 0. The number of guanidine groups is 1. The van der Waals surface area contributed by atoms with Crippen LogP contribution < -0.4 is 5.32 Å². The Morgan fingerprint density at radius 1 is 1.09 bits per heavy atom. The molecule has 0 saturated carbocycles. The van der Waals surface area contributed by atoms with Crippen LogP contribution >= 0.6 is 35.0 Å². The Kier molecular flexibility index (Phi) is 6.48. The maximum absolute atomic E-state index is 5.85. The summed E-state index contributed by atoms with van der Waals surface area (Å²) in [5, 5.41) is 5.17. The molecule has 1 aliphatic heterocycles. The minimum Gasteiger partial charge on any atom is -0.323 e.